The number of rotatable bonds is 10. The lowest BCUT2D eigenvalue weighted by Gasteiger charge is -2.38. The topological polar surface area (TPSA) is 82.0 Å². The van der Waals surface area contributed by atoms with Gasteiger partial charge in [-0.15, -0.1) is 10.2 Å². The first-order valence-electron chi connectivity index (χ1n) is 12.5. The summed E-state index contributed by atoms with van der Waals surface area (Å²) in [6, 6.07) is 6.02. The van der Waals surface area contributed by atoms with E-state index in [2.05, 4.69) is 40.4 Å². The van der Waals surface area contributed by atoms with Gasteiger partial charge in [-0.25, -0.2) is 0 Å². The van der Waals surface area contributed by atoms with Crippen LogP contribution in [0.1, 0.15) is 53.9 Å². The average molecular weight is 488 g/mol. The van der Waals surface area contributed by atoms with E-state index in [4.69, 9.17) is 14.2 Å². The summed E-state index contributed by atoms with van der Waals surface area (Å²) in [4.78, 5) is 16.3. The molecular formula is C26H41N5O4. The number of hydrogen-bond acceptors (Lipinski definition) is 7. The summed E-state index contributed by atoms with van der Waals surface area (Å²) in [5.74, 6) is 2.86. The Labute approximate surface area is 209 Å². The summed E-state index contributed by atoms with van der Waals surface area (Å²) in [6.45, 7) is 11.6. The zero-order valence-corrected chi connectivity index (χ0v) is 22.4. The number of nitrogens with zero attached hydrogens (tertiary/aromatic N) is 5. The smallest absolute Gasteiger partial charge is 0.227 e. The van der Waals surface area contributed by atoms with Crippen molar-refractivity contribution in [1.82, 2.24) is 19.7 Å². The van der Waals surface area contributed by atoms with E-state index in [1.54, 1.807) is 26.1 Å². The van der Waals surface area contributed by atoms with Crippen LogP contribution in [0.4, 0.5) is 5.95 Å². The van der Waals surface area contributed by atoms with Gasteiger partial charge in [0.2, 0.25) is 11.9 Å². The standard InChI is InChI=1S/C26H41N5O4/c1-17(2)34-21-11-13-30(19(5)15-21)26-28-27-25(31(26)14-12-24(32)29(6)7)20-9-10-22(35-18(3)4)23(16-20)33-8/h9-10,16-19,21H,11-15H2,1-8H3. The van der Waals surface area contributed by atoms with Crippen LogP contribution in [0.3, 0.4) is 0 Å². The molecule has 1 aromatic heterocycles. The van der Waals surface area contributed by atoms with E-state index in [1.165, 1.54) is 0 Å². The van der Waals surface area contributed by atoms with Crippen molar-refractivity contribution in [2.75, 3.05) is 32.6 Å². The van der Waals surface area contributed by atoms with E-state index in [-0.39, 0.29) is 30.3 Å². The molecule has 2 heterocycles. The Hall–Kier alpha value is -2.81. The molecule has 1 fully saturated rings. The van der Waals surface area contributed by atoms with Gasteiger partial charge < -0.3 is 24.0 Å². The predicted octanol–water partition coefficient (Wildman–Crippen LogP) is 4.00. The van der Waals surface area contributed by atoms with E-state index in [0.717, 1.165) is 30.9 Å². The number of carbonyl (C=O) groups excluding carboxylic acids is 1. The number of benzene rings is 1. The van der Waals surface area contributed by atoms with Crippen molar-refractivity contribution in [2.45, 2.75) is 84.8 Å². The largest absolute Gasteiger partial charge is 0.493 e. The molecule has 194 valence electrons. The molecule has 1 aromatic carbocycles. The second-order valence-electron chi connectivity index (χ2n) is 9.92. The van der Waals surface area contributed by atoms with Gasteiger partial charge in [0.1, 0.15) is 0 Å². The Balaban J connectivity index is 1.95. The summed E-state index contributed by atoms with van der Waals surface area (Å²) in [5, 5.41) is 9.17. The lowest BCUT2D eigenvalue weighted by atomic mass is 10.0. The Morgan fingerprint density at radius 3 is 2.49 bits per heavy atom. The zero-order chi connectivity index (χ0) is 25.7. The van der Waals surface area contributed by atoms with Gasteiger partial charge in [-0.05, 0) is 65.7 Å². The summed E-state index contributed by atoms with van der Waals surface area (Å²) in [5.41, 5.74) is 0.861. The molecule has 35 heavy (non-hydrogen) atoms. The van der Waals surface area contributed by atoms with E-state index < -0.39 is 0 Å². The molecule has 1 aliphatic heterocycles. The average Bonchev–Trinajstić information content (AvgIpc) is 3.20. The van der Waals surface area contributed by atoms with Crippen molar-refractivity contribution in [3.63, 3.8) is 0 Å². The van der Waals surface area contributed by atoms with Gasteiger partial charge in [-0.2, -0.15) is 0 Å². The van der Waals surface area contributed by atoms with Crippen molar-refractivity contribution in [3.05, 3.63) is 18.2 Å². The van der Waals surface area contributed by atoms with Crippen LogP contribution in [-0.4, -0.2) is 77.7 Å². The van der Waals surface area contributed by atoms with Gasteiger partial charge in [-0.3, -0.25) is 9.36 Å². The SMILES string of the molecule is COc1cc(-c2nnc(N3CCC(OC(C)C)CC3C)n2CCC(=O)N(C)C)ccc1OC(C)C. The first kappa shape index (κ1) is 26.8. The zero-order valence-electron chi connectivity index (χ0n) is 22.4. The highest BCUT2D eigenvalue weighted by Gasteiger charge is 2.31. The van der Waals surface area contributed by atoms with Crippen LogP contribution in [0.2, 0.25) is 0 Å². The highest BCUT2D eigenvalue weighted by atomic mass is 16.5. The summed E-state index contributed by atoms with van der Waals surface area (Å²) >= 11 is 0. The number of piperidine rings is 1. The molecule has 0 bridgehead atoms. The third-order valence-corrected chi connectivity index (χ3v) is 6.11. The molecule has 1 amide bonds. The van der Waals surface area contributed by atoms with Gasteiger partial charge in [0.05, 0.1) is 25.4 Å². The molecule has 0 N–H and O–H groups in total. The fourth-order valence-electron chi connectivity index (χ4n) is 4.45. The van der Waals surface area contributed by atoms with Gasteiger partial charge in [0, 0.05) is 45.2 Å². The lowest BCUT2D eigenvalue weighted by Crippen LogP contribution is -2.45. The maximum atomic E-state index is 12.4. The lowest BCUT2D eigenvalue weighted by molar-refractivity contribution is -0.128. The summed E-state index contributed by atoms with van der Waals surface area (Å²) < 4.78 is 19.6. The number of anilines is 1. The van der Waals surface area contributed by atoms with Crippen molar-refractivity contribution in [3.8, 4) is 22.9 Å². The Bertz CT molecular complexity index is 988. The van der Waals surface area contributed by atoms with Crippen molar-refractivity contribution in [1.29, 1.82) is 0 Å². The number of hydrogen-bond donors (Lipinski definition) is 0. The highest BCUT2D eigenvalue weighted by molar-refractivity contribution is 5.75. The summed E-state index contributed by atoms with van der Waals surface area (Å²) in [7, 11) is 5.18. The number of methoxy groups -OCH3 is 1. The van der Waals surface area contributed by atoms with Crippen LogP contribution in [-0.2, 0) is 16.1 Å². The quantitative estimate of drug-likeness (QED) is 0.501. The molecule has 0 radical (unpaired) electrons. The Kier molecular flexibility index (Phi) is 8.99. The second kappa shape index (κ2) is 11.7. The maximum absolute atomic E-state index is 12.4. The molecule has 1 aliphatic rings. The number of aromatic nitrogens is 3. The van der Waals surface area contributed by atoms with Crippen molar-refractivity contribution in [2.24, 2.45) is 0 Å². The molecule has 2 unspecified atom stereocenters. The molecule has 9 heteroatoms. The normalized spacial score (nSPS) is 18.3. The molecule has 0 aliphatic carbocycles. The number of amides is 1. The van der Waals surface area contributed by atoms with Crippen LogP contribution in [0, 0.1) is 0 Å². The van der Waals surface area contributed by atoms with Gasteiger partial charge in [0.15, 0.2) is 17.3 Å². The number of carbonyl (C=O) groups is 1. The number of ether oxygens (including phenoxy) is 3. The molecular weight excluding hydrogens is 446 g/mol. The van der Waals surface area contributed by atoms with Crippen LogP contribution < -0.4 is 14.4 Å². The first-order chi connectivity index (χ1) is 16.6. The third kappa shape index (κ3) is 6.66. The van der Waals surface area contributed by atoms with Crippen molar-refractivity contribution < 1.29 is 19.0 Å². The fourth-order valence-corrected chi connectivity index (χ4v) is 4.45. The molecule has 3 rings (SSSR count). The predicted molar refractivity (Wildman–Crippen MR) is 137 cm³/mol. The fraction of sp³-hybridized carbons (Fsp3) is 0.654. The third-order valence-electron chi connectivity index (χ3n) is 6.11. The monoisotopic (exact) mass is 487 g/mol. The molecule has 2 aromatic rings. The van der Waals surface area contributed by atoms with Gasteiger partial charge in [0.25, 0.3) is 0 Å². The highest BCUT2D eigenvalue weighted by Crippen LogP contribution is 2.35. The van der Waals surface area contributed by atoms with Crippen molar-refractivity contribution >= 4 is 11.9 Å². The second-order valence-corrected chi connectivity index (χ2v) is 9.92. The van der Waals surface area contributed by atoms with Crippen LogP contribution in [0.5, 0.6) is 11.5 Å². The molecule has 9 nitrogen and oxygen atoms in total. The molecule has 2 atom stereocenters. The van der Waals surface area contributed by atoms with Crippen LogP contribution >= 0.6 is 0 Å². The maximum Gasteiger partial charge on any atom is 0.227 e. The Morgan fingerprint density at radius 1 is 1.14 bits per heavy atom. The Morgan fingerprint density at radius 2 is 1.89 bits per heavy atom. The van der Waals surface area contributed by atoms with Gasteiger partial charge in [-0.1, -0.05) is 0 Å². The van der Waals surface area contributed by atoms with Gasteiger partial charge >= 0.3 is 0 Å². The minimum atomic E-state index is 0.0335. The minimum Gasteiger partial charge on any atom is -0.493 e. The van der Waals surface area contributed by atoms with E-state index in [9.17, 15) is 4.79 Å². The first-order valence-corrected chi connectivity index (χ1v) is 12.5. The van der Waals surface area contributed by atoms with E-state index in [0.29, 0.717) is 30.3 Å². The molecule has 0 saturated carbocycles. The molecule has 1 saturated heterocycles. The van der Waals surface area contributed by atoms with E-state index in [1.807, 2.05) is 32.0 Å². The van der Waals surface area contributed by atoms with E-state index >= 15 is 0 Å². The molecule has 0 spiro atoms. The summed E-state index contributed by atoms with van der Waals surface area (Å²) in [6.07, 6.45) is 2.69. The van der Waals surface area contributed by atoms with Crippen LogP contribution in [0.25, 0.3) is 11.4 Å². The minimum absolute atomic E-state index is 0.0335. The van der Waals surface area contributed by atoms with Crippen LogP contribution in [0.15, 0.2) is 18.2 Å².